The summed E-state index contributed by atoms with van der Waals surface area (Å²) in [6, 6.07) is 12.9. The molecule has 21 heavy (non-hydrogen) atoms. The molecule has 0 aliphatic heterocycles. The molecule has 0 radical (unpaired) electrons. The average molecular weight is 283 g/mol. The van der Waals surface area contributed by atoms with E-state index >= 15 is 0 Å². The predicted molar refractivity (Wildman–Crippen MR) is 89.4 cm³/mol. The van der Waals surface area contributed by atoms with Gasteiger partial charge in [0.05, 0.1) is 5.69 Å². The van der Waals surface area contributed by atoms with Crippen molar-refractivity contribution >= 4 is 5.69 Å². The molecular weight excluding hydrogens is 258 g/mol. The molecule has 3 heteroatoms. The van der Waals surface area contributed by atoms with Crippen LogP contribution in [0.2, 0.25) is 0 Å². The van der Waals surface area contributed by atoms with Crippen LogP contribution in [-0.4, -0.2) is 23.5 Å². The molecule has 0 fully saturated rings. The molecule has 1 N–H and O–H groups in total. The lowest BCUT2D eigenvalue weighted by atomic mass is 10.1. The van der Waals surface area contributed by atoms with Gasteiger partial charge in [-0.25, -0.2) is 0 Å². The van der Waals surface area contributed by atoms with Crippen LogP contribution in [0.3, 0.4) is 0 Å². The van der Waals surface area contributed by atoms with E-state index in [4.69, 9.17) is 0 Å². The molecule has 0 unspecified atom stereocenters. The fraction of sp³-hybridized carbons (Fsp3) is 0.389. The van der Waals surface area contributed by atoms with Crippen molar-refractivity contribution in [3.63, 3.8) is 0 Å². The summed E-state index contributed by atoms with van der Waals surface area (Å²) >= 11 is 0. The Balaban J connectivity index is 1.92. The number of benzene rings is 1. The van der Waals surface area contributed by atoms with Crippen LogP contribution in [0.5, 0.6) is 0 Å². The Labute approximate surface area is 128 Å². The number of hydrogen-bond acceptors (Lipinski definition) is 3. The average Bonchev–Trinajstić information content (AvgIpc) is 2.48. The summed E-state index contributed by atoms with van der Waals surface area (Å²) in [6.45, 7) is 7.09. The monoisotopic (exact) mass is 283 g/mol. The highest BCUT2D eigenvalue weighted by Gasteiger charge is 2.04. The third-order valence-electron chi connectivity index (χ3n) is 3.40. The second kappa shape index (κ2) is 7.79. The number of rotatable bonds is 7. The van der Waals surface area contributed by atoms with Crippen molar-refractivity contribution in [2.45, 2.75) is 33.4 Å². The van der Waals surface area contributed by atoms with E-state index in [0.29, 0.717) is 0 Å². The Morgan fingerprint density at radius 2 is 1.86 bits per heavy atom. The van der Waals surface area contributed by atoms with Crippen LogP contribution in [-0.2, 0) is 13.1 Å². The van der Waals surface area contributed by atoms with Gasteiger partial charge < -0.3 is 5.32 Å². The number of nitrogens with zero attached hydrogens (tertiary/aromatic N) is 2. The fourth-order valence-electron chi connectivity index (χ4n) is 2.28. The van der Waals surface area contributed by atoms with E-state index in [2.05, 4.69) is 66.4 Å². The maximum Gasteiger partial charge on any atom is 0.0564 e. The number of aryl methyl sites for hydroxylation is 1. The van der Waals surface area contributed by atoms with E-state index in [0.717, 1.165) is 37.4 Å². The molecule has 0 aliphatic rings. The highest BCUT2D eigenvalue weighted by atomic mass is 15.1. The van der Waals surface area contributed by atoms with E-state index < -0.39 is 0 Å². The minimum Gasteiger partial charge on any atom is -0.385 e. The number of nitrogens with one attached hydrogen (secondary N) is 1. The summed E-state index contributed by atoms with van der Waals surface area (Å²) in [4.78, 5) is 6.75. The van der Waals surface area contributed by atoms with Gasteiger partial charge in [-0.15, -0.1) is 0 Å². The molecule has 2 aromatic rings. The lowest BCUT2D eigenvalue weighted by molar-refractivity contribution is 0.315. The number of pyridine rings is 1. The first-order valence-electron chi connectivity index (χ1n) is 7.60. The van der Waals surface area contributed by atoms with Crippen LogP contribution < -0.4 is 5.32 Å². The number of anilines is 1. The number of hydrogen-bond donors (Lipinski definition) is 1. The fourth-order valence-corrected chi connectivity index (χ4v) is 2.28. The molecule has 0 aliphatic carbocycles. The summed E-state index contributed by atoms with van der Waals surface area (Å²) in [5, 5.41) is 3.41. The van der Waals surface area contributed by atoms with Crippen molar-refractivity contribution in [3.8, 4) is 0 Å². The zero-order valence-electron chi connectivity index (χ0n) is 13.3. The lowest BCUT2D eigenvalue weighted by Crippen LogP contribution is -2.18. The Kier molecular flexibility index (Phi) is 5.76. The summed E-state index contributed by atoms with van der Waals surface area (Å²) in [7, 11) is 2.13. The van der Waals surface area contributed by atoms with Gasteiger partial charge in [-0.05, 0) is 38.1 Å². The highest BCUT2D eigenvalue weighted by Crippen LogP contribution is 2.12. The SMILES string of the molecule is CCCNc1ccnc(CN(C)Cc2ccc(C)cc2)c1. The van der Waals surface area contributed by atoms with Crippen molar-refractivity contribution in [2.24, 2.45) is 0 Å². The summed E-state index contributed by atoms with van der Waals surface area (Å²) in [5.41, 5.74) is 4.90. The maximum absolute atomic E-state index is 4.46. The first-order chi connectivity index (χ1) is 10.2. The van der Waals surface area contributed by atoms with Crippen LogP contribution in [0.4, 0.5) is 5.69 Å². The van der Waals surface area contributed by atoms with Gasteiger partial charge in [0, 0.05) is 31.5 Å². The molecule has 1 aromatic carbocycles. The molecule has 0 atom stereocenters. The first kappa shape index (κ1) is 15.5. The van der Waals surface area contributed by atoms with E-state index in [1.54, 1.807) is 0 Å². The second-order valence-corrected chi connectivity index (χ2v) is 5.62. The van der Waals surface area contributed by atoms with Gasteiger partial charge in [-0.3, -0.25) is 9.88 Å². The van der Waals surface area contributed by atoms with E-state index in [1.807, 2.05) is 12.3 Å². The predicted octanol–water partition coefficient (Wildman–Crippen LogP) is 3.84. The summed E-state index contributed by atoms with van der Waals surface area (Å²) in [5.74, 6) is 0. The molecule has 1 aromatic heterocycles. The van der Waals surface area contributed by atoms with Gasteiger partial charge in [-0.2, -0.15) is 0 Å². The lowest BCUT2D eigenvalue weighted by Gasteiger charge is -2.17. The van der Waals surface area contributed by atoms with Crippen LogP contribution >= 0.6 is 0 Å². The molecule has 0 spiro atoms. The molecule has 2 rings (SSSR count). The van der Waals surface area contributed by atoms with Gasteiger partial charge >= 0.3 is 0 Å². The van der Waals surface area contributed by atoms with Crippen LogP contribution in [0, 0.1) is 6.92 Å². The maximum atomic E-state index is 4.46. The topological polar surface area (TPSA) is 28.2 Å². The van der Waals surface area contributed by atoms with Crippen LogP contribution in [0.25, 0.3) is 0 Å². The Morgan fingerprint density at radius 1 is 1.10 bits per heavy atom. The molecule has 0 amide bonds. The molecule has 0 saturated heterocycles. The Morgan fingerprint density at radius 3 is 2.57 bits per heavy atom. The van der Waals surface area contributed by atoms with Gasteiger partial charge in [0.15, 0.2) is 0 Å². The van der Waals surface area contributed by atoms with Gasteiger partial charge in [-0.1, -0.05) is 36.8 Å². The zero-order valence-corrected chi connectivity index (χ0v) is 13.3. The minimum absolute atomic E-state index is 0.857. The van der Waals surface area contributed by atoms with E-state index in [-0.39, 0.29) is 0 Å². The molecule has 1 heterocycles. The van der Waals surface area contributed by atoms with Crippen LogP contribution in [0.1, 0.15) is 30.2 Å². The van der Waals surface area contributed by atoms with Crippen molar-refractivity contribution in [3.05, 3.63) is 59.4 Å². The standard InChI is InChI=1S/C18H25N3/c1-4-10-19-17-9-11-20-18(12-17)14-21(3)13-16-7-5-15(2)6-8-16/h5-9,11-12H,4,10,13-14H2,1-3H3,(H,19,20). The van der Waals surface area contributed by atoms with Crippen molar-refractivity contribution < 1.29 is 0 Å². The quantitative estimate of drug-likeness (QED) is 0.836. The summed E-state index contributed by atoms with van der Waals surface area (Å²) in [6.07, 6.45) is 3.01. The first-order valence-corrected chi connectivity index (χ1v) is 7.60. The van der Waals surface area contributed by atoms with Gasteiger partial charge in [0.2, 0.25) is 0 Å². The third-order valence-corrected chi connectivity index (χ3v) is 3.40. The van der Waals surface area contributed by atoms with E-state index in [1.165, 1.54) is 11.1 Å². The molecule has 112 valence electrons. The van der Waals surface area contributed by atoms with Gasteiger partial charge in [0.25, 0.3) is 0 Å². The molecular formula is C18H25N3. The molecule has 3 nitrogen and oxygen atoms in total. The Bertz CT molecular complexity index is 549. The number of aromatic nitrogens is 1. The summed E-state index contributed by atoms with van der Waals surface area (Å²) < 4.78 is 0. The van der Waals surface area contributed by atoms with Crippen molar-refractivity contribution in [1.29, 1.82) is 0 Å². The second-order valence-electron chi connectivity index (χ2n) is 5.62. The van der Waals surface area contributed by atoms with Crippen LogP contribution in [0.15, 0.2) is 42.6 Å². The zero-order chi connectivity index (χ0) is 15.1. The minimum atomic E-state index is 0.857. The Hall–Kier alpha value is -1.87. The van der Waals surface area contributed by atoms with Crippen molar-refractivity contribution in [1.82, 2.24) is 9.88 Å². The largest absolute Gasteiger partial charge is 0.385 e. The molecule has 0 bridgehead atoms. The van der Waals surface area contributed by atoms with Crippen molar-refractivity contribution in [2.75, 3.05) is 18.9 Å². The smallest absolute Gasteiger partial charge is 0.0564 e. The van der Waals surface area contributed by atoms with Gasteiger partial charge in [0.1, 0.15) is 0 Å². The molecule has 0 saturated carbocycles. The van der Waals surface area contributed by atoms with E-state index in [9.17, 15) is 0 Å². The normalized spacial score (nSPS) is 10.9. The third kappa shape index (κ3) is 5.20. The highest BCUT2D eigenvalue weighted by molar-refractivity contribution is 5.43.